The molecule has 0 saturated heterocycles. The molecule has 3 amide bonds. The summed E-state index contributed by atoms with van der Waals surface area (Å²) in [5, 5.41) is 2.71. The van der Waals surface area contributed by atoms with Gasteiger partial charge in [-0.25, -0.2) is 0 Å². The summed E-state index contributed by atoms with van der Waals surface area (Å²) in [7, 11) is 1.52. The molecular weight excluding hydrogens is 320 g/mol. The number of carbonyl (C=O) groups is 3. The third-order valence-corrected chi connectivity index (χ3v) is 4.27. The minimum Gasteiger partial charge on any atom is -0.495 e. The van der Waals surface area contributed by atoms with E-state index in [-0.39, 0.29) is 6.54 Å². The lowest BCUT2D eigenvalue weighted by molar-refractivity contribution is -0.116. The number of imide groups is 1. The van der Waals surface area contributed by atoms with Crippen LogP contribution in [0, 0.1) is 13.8 Å². The molecule has 1 aliphatic rings. The van der Waals surface area contributed by atoms with E-state index < -0.39 is 17.7 Å². The fourth-order valence-corrected chi connectivity index (χ4v) is 2.77. The highest BCUT2D eigenvalue weighted by atomic mass is 16.5. The van der Waals surface area contributed by atoms with E-state index in [2.05, 4.69) is 5.32 Å². The summed E-state index contributed by atoms with van der Waals surface area (Å²) in [6, 6.07) is 10.2. The number of ether oxygens (including phenoxy) is 1. The van der Waals surface area contributed by atoms with Crippen molar-refractivity contribution in [2.45, 2.75) is 13.8 Å². The van der Waals surface area contributed by atoms with Crippen molar-refractivity contribution in [2.24, 2.45) is 0 Å². The second-order valence-corrected chi connectivity index (χ2v) is 5.93. The second-order valence-electron chi connectivity index (χ2n) is 5.93. The first kappa shape index (κ1) is 16.7. The summed E-state index contributed by atoms with van der Waals surface area (Å²) in [6.45, 7) is 3.53. The predicted octanol–water partition coefficient (Wildman–Crippen LogP) is 2.55. The van der Waals surface area contributed by atoms with E-state index in [4.69, 9.17) is 4.74 Å². The topological polar surface area (TPSA) is 75.7 Å². The van der Waals surface area contributed by atoms with Crippen molar-refractivity contribution in [2.75, 3.05) is 19.0 Å². The Morgan fingerprint density at radius 2 is 1.60 bits per heavy atom. The van der Waals surface area contributed by atoms with Crippen LogP contribution in [-0.2, 0) is 4.79 Å². The van der Waals surface area contributed by atoms with Crippen LogP contribution in [0.1, 0.15) is 31.8 Å². The molecule has 2 aromatic carbocycles. The van der Waals surface area contributed by atoms with Crippen molar-refractivity contribution in [3.8, 4) is 5.75 Å². The summed E-state index contributed by atoms with van der Waals surface area (Å²) in [5.41, 5.74) is 3.19. The van der Waals surface area contributed by atoms with E-state index in [9.17, 15) is 14.4 Å². The van der Waals surface area contributed by atoms with Crippen LogP contribution >= 0.6 is 0 Å². The maximum absolute atomic E-state index is 12.4. The molecule has 3 rings (SSSR count). The Bertz CT molecular complexity index is 854. The molecule has 0 radical (unpaired) electrons. The zero-order valence-corrected chi connectivity index (χ0v) is 14.3. The molecule has 0 unspecified atom stereocenters. The van der Waals surface area contributed by atoms with Gasteiger partial charge in [-0.05, 0) is 49.2 Å². The van der Waals surface area contributed by atoms with Gasteiger partial charge in [-0.2, -0.15) is 0 Å². The van der Waals surface area contributed by atoms with Crippen LogP contribution in [0.4, 0.5) is 5.69 Å². The van der Waals surface area contributed by atoms with Crippen LogP contribution in [-0.4, -0.2) is 36.3 Å². The summed E-state index contributed by atoms with van der Waals surface area (Å²) in [5.74, 6) is -0.847. The maximum atomic E-state index is 12.4. The molecule has 1 N–H and O–H groups in total. The fourth-order valence-electron chi connectivity index (χ4n) is 2.77. The van der Waals surface area contributed by atoms with Gasteiger partial charge in [0.2, 0.25) is 5.91 Å². The second kappa shape index (κ2) is 6.39. The number of nitrogens with zero attached hydrogens (tertiary/aromatic N) is 1. The van der Waals surface area contributed by atoms with E-state index in [1.807, 2.05) is 19.9 Å². The van der Waals surface area contributed by atoms with Gasteiger partial charge in [0.15, 0.2) is 0 Å². The third kappa shape index (κ3) is 2.98. The van der Waals surface area contributed by atoms with Gasteiger partial charge >= 0.3 is 0 Å². The van der Waals surface area contributed by atoms with Crippen molar-refractivity contribution >= 4 is 23.4 Å². The number of amides is 3. The van der Waals surface area contributed by atoms with Gasteiger partial charge in [0.25, 0.3) is 11.8 Å². The Labute approximate surface area is 145 Å². The zero-order valence-electron chi connectivity index (χ0n) is 14.3. The third-order valence-electron chi connectivity index (χ3n) is 4.27. The van der Waals surface area contributed by atoms with E-state index in [0.29, 0.717) is 22.6 Å². The zero-order chi connectivity index (χ0) is 18.1. The lowest BCUT2D eigenvalue weighted by Gasteiger charge is -2.16. The smallest absolute Gasteiger partial charge is 0.262 e. The first-order valence-electron chi connectivity index (χ1n) is 7.82. The van der Waals surface area contributed by atoms with Gasteiger partial charge in [0.05, 0.1) is 23.9 Å². The molecule has 6 nitrogen and oxygen atoms in total. The number of benzene rings is 2. The van der Waals surface area contributed by atoms with Gasteiger partial charge in [-0.15, -0.1) is 0 Å². The monoisotopic (exact) mass is 338 g/mol. The number of fused-ring (bicyclic) bond motifs is 1. The van der Waals surface area contributed by atoms with Crippen molar-refractivity contribution in [3.05, 3.63) is 58.7 Å². The summed E-state index contributed by atoms with van der Waals surface area (Å²) < 4.78 is 5.28. The molecule has 0 spiro atoms. The highest BCUT2D eigenvalue weighted by Gasteiger charge is 2.36. The molecule has 0 bridgehead atoms. The number of rotatable bonds is 4. The average Bonchev–Trinajstić information content (AvgIpc) is 2.83. The number of anilines is 1. The van der Waals surface area contributed by atoms with E-state index in [1.165, 1.54) is 7.11 Å². The number of aryl methyl sites for hydroxylation is 2. The van der Waals surface area contributed by atoms with Gasteiger partial charge < -0.3 is 10.1 Å². The molecule has 0 fully saturated rings. The lowest BCUT2D eigenvalue weighted by atomic mass is 10.1. The minimum absolute atomic E-state index is 0.323. The number of nitrogens with one attached hydrogen (secondary N) is 1. The summed E-state index contributed by atoms with van der Waals surface area (Å²) in [6.07, 6.45) is 0. The quantitative estimate of drug-likeness (QED) is 0.869. The fraction of sp³-hybridized carbons (Fsp3) is 0.211. The largest absolute Gasteiger partial charge is 0.495 e. The van der Waals surface area contributed by atoms with Crippen molar-refractivity contribution < 1.29 is 19.1 Å². The Hall–Kier alpha value is -3.15. The maximum Gasteiger partial charge on any atom is 0.262 e. The van der Waals surface area contributed by atoms with Crippen LogP contribution in [0.15, 0.2) is 36.4 Å². The Kier molecular flexibility index (Phi) is 4.27. The van der Waals surface area contributed by atoms with Crippen molar-refractivity contribution in [3.63, 3.8) is 0 Å². The van der Waals surface area contributed by atoms with Crippen molar-refractivity contribution in [1.29, 1.82) is 0 Å². The van der Waals surface area contributed by atoms with Crippen molar-refractivity contribution in [1.82, 2.24) is 4.90 Å². The average molecular weight is 338 g/mol. The van der Waals surface area contributed by atoms with Crippen LogP contribution in [0.3, 0.4) is 0 Å². The number of methoxy groups -OCH3 is 1. The van der Waals surface area contributed by atoms with Gasteiger partial charge in [-0.1, -0.05) is 12.1 Å². The van der Waals surface area contributed by atoms with Crippen LogP contribution < -0.4 is 10.1 Å². The van der Waals surface area contributed by atoms with Crippen LogP contribution in [0.25, 0.3) is 0 Å². The molecule has 0 atom stereocenters. The van der Waals surface area contributed by atoms with Gasteiger partial charge in [-0.3, -0.25) is 19.3 Å². The SMILES string of the molecule is COc1cc(C)c(C)cc1NC(=O)CN1C(=O)c2ccccc2C1=O. The molecule has 0 aromatic heterocycles. The molecular formula is C19H18N2O4. The molecule has 25 heavy (non-hydrogen) atoms. The van der Waals surface area contributed by atoms with Gasteiger partial charge in [0.1, 0.15) is 12.3 Å². The molecule has 6 heteroatoms. The Morgan fingerprint density at radius 1 is 1.04 bits per heavy atom. The normalized spacial score (nSPS) is 13.0. The Morgan fingerprint density at radius 3 is 2.16 bits per heavy atom. The molecule has 0 aliphatic carbocycles. The molecule has 0 saturated carbocycles. The standard InChI is InChI=1S/C19H18N2O4/c1-11-8-15(16(25-3)9-12(11)2)20-17(22)10-21-18(23)13-6-4-5-7-14(13)19(21)24/h4-9H,10H2,1-3H3,(H,20,22). The van der Waals surface area contributed by atoms with Crippen LogP contribution in [0.2, 0.25) is 0 Å². The highest BCUT2D eigenvalue weighted by molar-refractivity contribution is 6.22. The van der Waals surface area contributed by atoms with E-state index in [1.54, 1.807) is 30.3 Å². The number of carbonyl (C=O) groups excluding carboxylic acids is 3. The Balaban J connectivity index is 1.78. The highest BCUT2D eigenvalue weighted by Crippen LogP contribution is 2.28. The molecule has 2 aromatic rings. The first-order valence-corrected chi connectivity index (χ1v) is 7.82. The van der Waals surface area contributed by atoms with E-state index >= 15 is 0 Å². The summed E-state index contributed by atoms with van der Waals surface area (Å²) in [4.78, 5) is 37.9. The predicted molar refractivity (Wildman–Crippen MR) is 92.9 cm³/mol. The minimum atomic E-state index is -0.462. The number of hydrogen-bond acceptors (Lipinski definition) is 4. The lowest BCUT2D eigenvalue weighted by Crippen LogP contribution is -2.37. The van der Waals surface area contributed by atoms with Crippen LogP contribution in [0.5, 0.6) is 5.75 Å². The van der Waals surface area contributed by atoms with Gasteiger partial charge in [0, 0.05) is 0 Å². The number of hydrogen-bond donors (Lipinski definition) is 1. The first-order chi connectivity index (χ1) is 11.9. The summed E-state index contributed by atoms with van der Waals surface area (Å²) >= 11 is 0. The molecule has 1 aliphatic heterocycles. The molecule has 128 valence electrons. The molecule has 1 heterocycles. The van der Waals surface area contributed by atoms with E-state index in [0.717, 1.165) is 16.0 Å².